The SMILES string of the molecule is CC[C@@H](C)NC(=O)[C@H](C)N(Cc1cccc(C)c1)C(=O)CCCN(c1cccc(Cl)c1C)S(C)(=O)=O. The van der Waals surface area contributed by atoms with Crippen LogP contribution in [0.3, 0.4) is 0 Å². The van der Waals surface area contributed by atoms with Crippen LogP contribution in [0.1, 0.15) is 56.7 Å². The quantitative estimate of drug-likeness (QED) is 0.421. The van der Waals surface area contributed by atoms with Crippen molar-refractivity contribution in [2.45, 2.75) is 72.5 Å². The van der Waals surface area contributed by atoms with Crippen LogP contribution in [0.2, 0.25) is 5.02 Å². The molecule has 0 aliphatic heterocycles. The molecule has 198 valence electrons. The van der Waals surface area contributed by atoms with Gasteiger partial charge >= 0.3 is 0 Å². The molecule has 0 aliphatic rings. The van der Waals surface area contributed by atoms with E-state index in [-0.39, 0.29) is 30.8 Å². The molecule has 1 N–H and O–H groups in total. The number of carbonyl (C=O) groups is 2. The highest BCUT2D eigenvalue weighted by Crippen LogP contribution is 2.28. The Kier molecular flexibility index (Phi) is 10.8. The average molecular weight is 536 g/mol. The molecule has 2 aromatic rings. The average Bonchev–Trinajstić information content (AvgIpc) is 2.81. The summed E-state index contributed by atoms with van der Waals surface area (Å²) in [6.45, 7) is 9.80. The van der Waals surface area contributed by atoms with Gasteiger partial charge in [-0.2, -0.15) is 0 Å². The zero-order chi connectivity index (χ0) is 27.0. The van der Waals surface area contributed by atoms with E-state index < -0.39 is 16.1 Å². The van der Waals surface area contributed by atoms with E-state index in [4.69, 9.17) is 11.6 Å². The number of nitrogens with one attached hydrogen (secondary N) is 1. The third kappa shape index (κ3) is 8.23. The number of rotatable bonds is 12. The van der Waals surface area contributed by atoms with Gasteiger partial charge in [-0.1, -0.05) is 54.4 Å². The molecule has 2 rings (SSSR count). The highest BCUT2D eigenvalue weighted by Gasteiger charge is 2.27. The number of nitrogens with zero attached hydrogens (tertiary/aromatic N) is 2. The van der Waals surface area contributed by atoms with E-state index in [2.05, 4.69) is 5.32 Å². The molecule has 2 amide bonds. The Hall–Kier alpha value is -2.58. The molecule has 0 saturated carbocycles. The van der Waals surface area contributed by atoms with Gasteiger partial charge in [-0.3, -0.25) is 13.9 Å². The molecule has 0 unspecified atom stereocenters. The van der Waals surface area contributed by atoms with Crippen molar-refractivity contribution >= 4 is 39.1 Å². The smallest absolute Gasteiger partial charge is 0.242 e. The highest BCUT2D eigenvalue weighted by molar-refractivity contribution is 7.92. The Morgan fingerprint density at radius 3 is 2.36 bits per heavy atom. The van der Waals surface area contributed by atoms with Crippen molar-refractivity contribution in [1.82, 2.24) is 10.2 Å². The number of carbonyl (C=O) groups excluding carboxylic acids is 2. The van der Waals surface area contributed by atoms with E-state index in [1.54, 1.807) is 36.9 Å². The number of amides is 2. The van der Waals surface area contributed by atoms with Crippen LogP contribution in [-0.2, 0) is 26.2 Å². The van der Waals surface area contributed by atoms with Crippen molar-refractivity contribution in [3.8, 4) is 0 Å². The maximum absolute atomic E-state index is 13.4. The maximum Gasteiger partial charge on any atom is 0.242 e. The molecule has 0 fully saturated rings. The van der Waals surface area contributed by atoms with Crippen LogP contribution in [-0.4, -0.2) is 50.0 Å². The van der Waals surface area contributed by atoms with Gasteiger partial charge in [-0.15, -0.1) is 0 Å². The summed E-state index contributed by atoms with van der Waals surface area (Å²) in [6, 6.07) is 12.3. The summed E-state index contributed by atoms with van der Waals surface area (Å²) < 4.78 is 26.4. The summed E-state index contributed by atoms with van der Waals surface area (Å²) >= 11 is 6.21. The van der Waals surface area contributed by atoms with Crippen LogP contribution >= 0.6 is 11.6 Å². The van der Waals surface area contributed by atoms with Crippen molar-refractivity contribution in [3.63, 3.8) is 0 Å². The van der Waals surface area contributed by atoms with E-state index in [1.807, 2.05) is 45.0 Å². The first-order valence-electron chi connectivity index (χ1n) is 12.2. The zero-order valence-electron chi connectivity index (χ0n) is 22.0. The number of hydrogen-bond donors (Lipinski definition) is 1. The third-order valence-corrected chi connectivity index (χ3v) is 7.85. The van der Waals surface area contributed by atoms with E-state index in [0.717, 1.165) is 23.8 Å². The monoisotopic (exact) mass is 535 g/mol. The topological polar surface area (TPSA) is 86.8 Å². The van der Waals surface area contributed by atoms with Crippen LogP contribution in [0.25, 0.3) is 0 Å². The minimum Gasteiger partial charge on any atom is -0.352 e. The predicted molar refractivity (Wildman–Crippen MR) is 147 cm³/mol. The fourth-order valence-electron chi connectivity index (χ4n) is 3.90. The summed E-state index contributed by atoms with van der Waals surface area (Å²) in [5.41, 5.74) is 3.15. The van der Waals surface area contributed by atoms with Gasteiger partial charge in [0.25, 0.3) is 0 Å². The van der Waals surface area contributed by atoms with Crippen LogP contribution in [0.4, 0.5) is 5.69 Å². The molecule has 0 bridgehead atoms. The lowest BCUT2D eigenvalue weighted by Gasteiger charge is -2.30. The van der Waals surface area contributed by atoms with Crippen LogP contribution in [0.5, 0.6) is 0 Å². The molecule has 0 aliphatic carbocycles. The Labute approximate surface area is 220 Å². The molecule has 9 heteroatoms. The van der Waals surface area contributed by atoms with Crippen molar-refractivity contribution in [3.05, 3.63) is 64.2 Å². The lowest BCUT2D eigenvalue weighted by Crippen LogP contribution is -2.49. The first-order valence-corrected chi connectivity index (χ1v) is 14.5. The second-order valence-corrected chi connectivity index (χ2v) is 11.6. The molecule has 0 saturated heterocycles. The summed E-state index contributed by atoms with van der Waals surface area (Å²) in [5.74, 6) is -0.419. The van der Waals surface area contributed by atoms with Crippen molar-refractivity contribution in [1.29, 1.82) is 0 Å². The summed E-state index contributed by atoms with van der Waals surface area (Å²) in [6.07, 6.45) is 2.31. The van der Waals surface area contributed by atoms with Crippen molar-refractivity contribution in [2.24, 2.45) is 0 Å². The molecule has 2 atom stereocenters. The number of sulfonamides is 1. The van der Waals surface area contributed by atoms with Gasteiger partial charge in [0.2, 0.25) is 21.8 Å². The molecule has 0 radical (unpaired) electrons. The van der Waals surface area contributed by atoms with Gasteiger partial charge in [0, 0.05) is 30.6 Å². The minimum absolute atomic E-state index is 0.000117. The first kappa shape index (κ1) is 29.6. The maximum atomic E-state index is 13.4. The summed E-state index contributed by atoms with van der Waals surface area (Å²) in [7, 11) is -3.59. The van der Waals surface area contributed by atoms with Gasteiger partial charge in [-0.25, -0.2) is 8.42 Å². The second-order valence-electron chi connectivity index (χ2n) is 9.33. The fourth-order valence-corrected chi connectivity index (χ4v) is 5.09. The van der Waals surface area contributed by atoms with E-state index in [9.17, 15) is 18.0 Å². The molecule has 2 aromatic carbocycles. The number of benzene rings is 2. The first-order chi connectivity index (χ1) is 16.8. The number of aryl methyl sites for hydroxylation is 1. The molecular formula is C27H38ClN3O4S. The van der Waals surface area contributed by atoms with Crippen LogP contribution < -0.4 is 9.62 Å². The van der Waals surface area contributed by atoms with E-state index in [0.29, 0.717) is 29.2 Å². The third-order valence-electron chi connectivity index (χ3n) is 6.26. The van der Waals surface area contributed by atoms with Gasteiger partial charge in [0.1, 0.15) is 6.04 Å². The Bertz CT molecular complexity index is 1170. The van der Waals surface area contributed by atoms with Gasteiger partial charge < -0.3 is 10.2 Å². The summed E-state index contributed by atoms with van der Waals surface area (Å²) in [5, 5.41) is 3.43. The number of hydrogen-bond acceptors (Lipinski definition) is 4. The van der Waals surface area contributed by atoms with Gasteiger partial charge in [0.05, 0.1) is 11.9 Å². The van der Waals surface area contributed by atoms with E-state index >= 15 is 0 Å². The second kappa shape index (κ2) is 13.1. The number of halogens is 1. The Morgan fingerprint density at radius 1 is 1.08 bits per heavy atom. The fraction of sp³-hybridized carbons (Fsp3) is 0.481. The van der Waals surface area contributed by atoms with Crippen molar-refractivity contribution in [2.75, 3.05) is 17.1 Å². The van der Waals surface area contributed by atoms with E-state index in [1.165, 1.54) is 4.31 Å². The summed E-state index contributed by atoms with van der Waals surface area (Å²) in [4.78, 5) is 27.8. The van der Waals surface area contributed by atoms with Gasteiger partial charge in [0.15, 0.2) is 0 Å². The van der Waals surface area contributed by atoms with Gasteiger partial charge in [-0.05, 0) is 63.8 Å². The highest BCUT2D eigenvalue weighted by atomic mass is 35.5. The molecular weight excluding hydrogens is 498 g/mol. The molecule has 36 heavy (non-hydrogen) atoms. The number of anilines is 1. The Balaban J connectivity index is 2.21. The lowest BCUT2D eigenvalue weighted by atomic mass is 10.1. The standard InChI is InChI=1S/C27H38ClN3O4S/c1-7-20(3)29-27(33)22(5)30(18-23-12-8-11-19(2)17-23)26(32)15-10-16-31(36(6,34)35)25-14-9-13-24(28)21(25)4/h8-9,11-14,17,20,22H,7,10,15-16,18H2,1-6H3,(H,29,33)/t20-,22+/m1/s1. The largest absolute Gasteiger partial charge is 0.352 e. The molecule has 0 spiro atoms. The predicted octanol–water partition coefficient (Wildman–Crippen LogP) is 4.84. The van der Waals surface area contributed by atoms with Crippen LogP contribution in [0.15, 0.2) is 42.5 Å². The molecule has 0 aromatic heterocycles. The minimum atomic E-state index is -3.59. The molecule has 7 nitrogen and oxygen atoms in total. The van der Waals surface area contributed by atoms with Crippen LogP contribution in [0, 0.1) is 13.8 Å². The lowest BCUT2D eigenvalue weighted by molar-refractivity contribution is -0.140. The molecule has 0 heterocycles. The normalized spacial score (nSPS) is 13.1. The van der Waals surface area contributed by atoms with Crippen molar-refractivity contribution < 1.29 is 18.0 Å². The zero-order valence-corrected chi connectivity index (χ0v) is 23.6. The Morgan fingerprint density at radius 2 is 1.75 bits per heavy atom.